The lowest BCUT2D eigenvalue weighted by Crippen LogP contribution is -2.18. The third kappa shape index (κ3) is 3.56. The van der Waals surface area contributed by atoms with Crippen LogP contribution in [0.2, 0.25) is 4.34 Å². The molecule has 0 aromatic carbocycles. The molecule has 0 aliphatic heterocycles. The van der Waals surface area contributed by atoms with Crippen molar-refractivity contribution in [3.63, 3.8) is 0 Å². The molecule has 0 radical (unpaired) electrons. The first-order valence-corrected chi connectivity index (χ1v) is 6.75. The smallest absolute Gasteiger partial charge is 0.208 e. The second kappa shape index (κ2) is 5.67. The molecule has 0 unspecified atom stereocenters. The highest BCUT2D eigenvalue weighted by molar-refractivity contribution is 7.19. The second-order valence-corrected chi connectivity index (χ2v) is 5.96. The Labute approximate surface area is 110 Å². The van der Waals surface area contributed by atoms with E-state index >= 15 is 0 Å². The summed E-state index contributed by atoms with van der Waals surface area (Å²) in [7, 11) is 0. The average Bonchev–Trinajstić information content (AvgIpc) is 2.86. The molecular formula is C12H15ClN2OS. The number of nitrogens with zero attached hydrogens (tertiary/aromatic N) is 1. The van der Waals surface area contributed by atoms with E-state index in [0.717, 1.165) is 21.5 Å². The van der Waals surface area contributed by atoms with E-state index in [0.29, 0.717) is 18.4 Å². The molecule has 3 nitrogen and oxygen atoms in total. The van der Waals surface area contributed by atoms with Crippen LogP contribution in [0.25, 0.3) is 10.6 Å². The van der Waals surface area contributed by atoms with Crippen molar-refractivity contribution in [3.05, 3.63) is 28.6 Å². The SMILES string of the molecule is CC(C)CNCc1ncc(-c2ccc(Cl)s2)o1. The van der Waals surface area contributed by atoms with Crippen molar-refractivity contribution in [1.29, 1.82) is 0 Å². The van der Waals surface area contributed by atoms with Gasteiger partial charge in [-0.25, -0.2) is 4.98 Å². The quantitative estimate of drug-likeness (QED) is 0.898. The van der Waals surface area contributed by atoms with Gasteiger partial charge in [0.15, 0.2) is 5.76 Å². The number of aromatic nitrogens is 1. The van der Waals surface area contributed by atoms with E-state index in [4.69, 9.17) is 16.0 Å². The number of halogens is 1. The van der Waals surface area contributed by atoms with Gasteiger partial charge >= 0.3 is 0 Å². The van der Waals surface area contributed by atoms with Crippen LogP contribution in [-0.2, 0) is 6.54 Å². The summed E-state index contributed by atoms with van der Waals surface area (Å²) in [5.41, 5.74) is 0. The first kappa shape index (κ1) is 12.6. The Morgan fingerprint density at radius 3 is 2.94 bits per heavy atom. The van der Waals surface area contributed by atoms with Crippen LogP contribution in [0.15, 0.2) is 22.7 Å². The summed E-state index contributed by atoms with van der Waals surface area (Å²) in [6, 6.07) is 3.81. The number of rotatable bonds is 5. The fourth-order valence-electron chi connectivity index (χ4n) is 1.42. The zero-order valence-corrected chi connectivity index (χ0v) is 11.4. The van der Waals surface area contributed by atoms with Crippen LogP contribution in [0.4, 0.5) is 0 Å². The Hall–Kier alpha value is -0.840. The van der Waals surface area contributed by atoms with Gasteiger partial charge in [-0.1, -0.05) is 25.4 Å². The molecule has 0 aliphatic rings. The normalized spacial score (nSPS) is 11.3. The minimum Gasteiger partial charge on any atom is -0.438 e. The molecule has 0 fully saturated rings. The Kier molecular flexibility index (Phi) is 4.20. The molecule has 17 heavy (non-hydrogen) atoms. The van der Waals surface area contributed by atoms with E-state index in [1.165, 1.54) is 11.3 Å². The monoisotopic (exact) mass is 270 g/mol. The van der Waals surface area contributed by atoms with E-state index < -0.39 is 0 Å². The fourth-order valence-corrected chi connectivity index (χ4v) is 2.41. The van der Waals surface area contributed by atoms with Crippen LogP contribution < -0.4 is 5.32 Å². The maximum absolute atomic E-state index is 5.88. The van der Waals surface area contributed by atoms with Crippen LogP contribution in [0.1, 0.15) is 19.7 Å². The lowest BCUT2D eigenvalue weighted by atomic mass is 10.2. The van der Waals surface area contributed by atoms with Gasteiger partial charge in [0.2, 0.25) is 5.89 Å². The molecule has 1 N–H and O–H groups in total. The van der Waals surface area contributed by atoms with Crippen molar-refractivity contribution < 1.29 is 4.42 Å². The maximum Gasteiger partial charge on any atom is 0.208 e. The Bertz CT molecular complexity index is 478. The highest BCUT2D eigenvalue weighted by Gasteiger charge is 2.08. The molecule has 5 heteroatoms. The summed E-state index contributed by atoms with van der Waals surface area (Å²) in [5.74, 6) is 2.12. The van der Waals surface area contributed by atoms with Crippen molar-refractivity contribution in [2.24, 2.45) is 5.92 Å². The number of thiophene rings is 1. The van der Waals surface area contributed by atoms with E-state index in [1.807, 2.05) is 12.1 Å². The van der Waals surface area contributed by atoms with Gasteiger partial charge in [-0.05, 0) is 24.6 Å². The molecule has 0 bridgehead atoms. The number of nitrogens with one attached hydrogen (secondary N) is 1. The number of hydrogen-bond acceptors (Lipinski definition) is 4. The van der Waals surface area contributed by atoms with Gasteiger partial charge in [-0.2, -0.15) is 0 Å². The molecule has 0 saturated carbocycles. The molecule has 0 spiro atoms. The predicted molar refractivity (Wildman–Crippen MR) is 71.4 cm³/mol. The maximum atomic E-state index is 5.88. The Morgan fingerprint density at radius 1 is 1.47 bits per heavy atom. The van der Waals surface area contributed by atoms with Crippen molar-refractivity contribution in [1.82, 2.24) is 10.3 Å². The minimum atomic E-state index is 0.625. The van der Waals surface area contributed by atoms with Crippen LogP contribution in [0.5, 0.6) is 0 Å². The first-order chi connectivity index (χ1) is 8.15. The summed E-state index contributed by atoms with van der Waals surface area (Å²) in [6.07, 6.45) is 1.74. The third-order valence-electron chi connectivity index (χ3n) is 2.20. The van der Waals surface area contributed by atoms with Crippen LogP contribution >= 0.6 is 22.9 Å². The minimum absolute atomic E-state index is 0.625. The molecule has 0 saturated heterocycles. The Balaban J connectivity index is 1.96. The Morgan fingerprint density at radius 2 is 2.29 bits per heavy atom. The van der Waals surface area contributed by atoms with Crippen molar-refractivity contribution in [2.75, 3.05) is 6.54 Å². The van der Waals surface area contributed by atoms with Crippen molar-refractivity contribution in [3.8, 4) is 10.6 Å². The average molecular weight is 271 g/mol. The largest absolute Gasteiger partial charge is 0.438 e. The lowest BCUT2D eigenvalue weighted by molar-refractivity contribution is 0.459. The standard InChI is InChI=1S/C12H15ClN2OS/c1-8(2)5-14-7-12-15-6-9(16-12)10-3-4-11(13)17-10/h3-4,6,8,14H,5,7H2,1-2H3. The van der Waals surface area contributed by atoms with E-state index in [2.05, 4.69) is 24.1 Å². The van der Waals surface area contributed by atoms with Gasteiger partial charge in [0.25, 0.3) is 0 Å². The first-order valence-electron chi connectivity index (χ1n) is 5.56. The van der Waals surface area contributed by atoms with Gasteiger partial charge in [0.1, 0.15) is 0 Å². The number of oxazole rings is 1. The summed E-state index contributed by atoms with van der Waals surface area (Å²) < 4.78 is 6.40. The number of hydrogen-bond donors (Lipinski definition) is 1. The molecule has 0 amide bonds. The summed E-state index contributed by atoms with van der Waals surface area (Å²) >= 11 is 7.37. The summed E-state index contributed by atoms with van der Waals surface area (Å²) in [5, 5.41) is 3.29. The fraction of sp³-hybridized carbons (Fsp3) is 0.417. The molecule has 2 aromatic heterocycles. The zero-order chi connectivity index (χ0) is 12.3. The second-order valence-electron chi connectivity index (χ2n) is 4.25. The van der Waals surface area contributed by atoms with E-state index in [9.17, 15) is 0 Å². The topological polar surface area (TPSA) is 38.1 Å². The highest BCUT2D eigenvalue weighted by Crippen LogP contribution is 2.31. The molecule has 0 atom stereocenters. The molecule has 92 valence electrons. The van der Waals surface area contributed by atoms with E-state index in [-0.39, 0.29) is 0 Å². The zero-order valence-electron chi connectivity index (χ0n) is 9.87. The van der Waals surface area contributed by atoms with Crippen LogP contribution in [0, 0.1) is 5.92 Å². The molecule has 0 aliphatic carbocycles. The van der Waals surface area contributed by atoms with Crippen molar-refractivity contribution >= 4 is 22.9 Å². The van der Waals surface area contributed by atoms with Gasteiger partial charge in [-0.15, -0.1) is 11.3 Å². The molecule has 2 rings (SSSR count). The predicted octanol–water partition coefficient (Wildman–Crippen LogP) is 3.80. The van der Waals surface area contributed by atoms with Gasteiger partial charge in [0, 0.05) is 0 Å². The molecule has 2 heterocycles. The summed E-state index contributed by atoms with van der Waals surface area (Å²) in [6.45, 7) is 5.96. The lowest BCUT2D eigenvalue weighted by Gasteiger charge is -2.04. The molecule has 2 aromatic rings. The van der Waals surface area contributed by atoms with Gasteiger partial charge < -0.3 is 9.73 Å². The third-order valence-corrected chi connectivity index (χ3v) is 3.44. The van der Waals surface area contributed by atoms with Gasteiger partial charge in [-0.3, -0.25) is 0 Å². The summed E-state index contributed by atoms with van der Waals surface area (Å²) in [4.78, 5) is 5.24. The van der Waals surface area contributed by atoms with Crippen LogP contribution in [-0.4, -0.2) is 11.5 Å². The highest BCUT2D eigenvalue weighted by atomic mass is 35.5. The molecular weight excluding hydrogens is 256 g/mol. The van der Waals surface area contributed by atoms with E-state index in [1.54, 1.807) is 6.20 Å². The van der Waals surface area contributed by atoms with Crippen molar-refractivity contribution in [2.45, 2.75) is 20.4 Å². The van der Waals surface area contributed by atoms with Crippen LogP contribution in [0.3, 0.4) is 0 Å². The van der Waals surface area contributed by atoms with Gasteiger partial charge in [0.05, 0.1) is 22.0 Å².